The topological polar surface area (TPSA) is 104 Å². The largest absolute Gasteiger partial charge is 0.392 e. The molecule has 8 nitrogen and oxygen atoms in total. The molecule has 7 rings (SSSR count). The highest BCUT2D eigenvalue weighted by Crippen LogP contribution is 2.43. The van der Waals surface area contributed by atoms with Gasteiger partial charge in [-0.25, -0.2) is 0 Å². The van der Waals surface area contributed by atoms with Gasteiger partial charge in [-0.05, 0) is 82.6 Å². The van der Waals surface area contributed by atoms with Gasteiger partial charge >= 0.3 is 0 Å². The van der Waals surface area contributed by atoms with Gasteiger partial charge < -0.3 is 29.9 Å². The van der Waals surface area contributed by atoms with Crippen molar-refractivity contribution in [1.82, 2.24) is 15.2 Å². The van der Waals surface area contributed by atoms with Crippen LogP contribution >= 0.6 is 11.6 Å². The molecule has 52 heavy (non-hydrogen) atoms. The van der Waals surface area contributed by atoms with Crippen LogP contribution in [0.25, 0.3) is 11.1 Å². The van der Waals surface area contributed by atoms with Crippen molar-refractivity contribution >= 4 is 17.5 Å². The molecule has 4 atom stereocenters. The van der Waals surface area contributed by atoms with Crippen molar-refractivity contribution in [3.8, 4) is 11.1 Å². The van der Waals surface area contributed by atoms with E-state index in [-0.39, 0.29) is 30.6 Å². The molecule has 3 heterocycles. The van der Waals surface area contributed by atoms with E-state index >= 15 is 0 Å². The summed E-state index contributed by atoms with van der Waals surface area (Å²) in [4.78, 5) is 19.0. The van der Waals surface area contributed by atoms with Crippen molar-refractivity contribution in [2.75, 3.05) is 19.6 Å². The number of pyridine rings is 1. The van der Waals surface area contributed by atoms with Crippen LogP contribution < -0.4 is 5.32 Å². The van der Waals surface area contributed by atoms with E-state index < -0.39 is 11.9 Å². The minimum absolute atomic E-state index is 0.0160. The number of aliphatic hydroxyl groups excluding tert-OH is 1. The predicted octanol–water partition coefficient (Wildman–Crippen LogP) is 7.60. The van der Waals surface area contributed by atoms with E-state index in [1.54, 1.807) is 24.5 Å². The van der Waals surface area contributed by atoms with E-state index in [1.165, 1.54) is 0 Å². The number of hydrogen-bond donors (Lipinski definition) is 3. The third kappa shape index (κ3) is 8.29. The predicted molar refractivity (Wildman–Crippen MR) is 201 cm³/mol. The number of aliphatic hydroxyl groups is 2. The summed E-state index contributed by atoms with van der Waals surface area (Å²) in [7, 11) is 0. The van der Waals surface area contributed by atoms with E-state index in [9.17, 15) is 15.0 Å². The van der Waals surface area contributed by atoms with Gasteiger partial charge in [-0.1, -0.05) is 91.3 Å². The van der Waals surface area contributed by atoms with Crippen LogP contribution in [0.2, 0.25) is 5.02 Å². The molecule has 0 unspecified atom stereocenters. The number of benzene rings is 4. The molecule has 0 radical (unpaired) electrons. The molecule has 4 aromatic carbocycles. The van der Waals surface area contributed by atoms with Crippen LogP contribution in [0.4, 0.5) is 0 Å². The summed E-state index contributed by atoms with van der Waals surface area (Å²) in [6.07, 6.45) is 3.46. The number of amides is 1. The van der Waals surface area contributed by atoms with Crippen LogP contribution in [-0.2, 0) is 28.2 Å². The zero-order valence-corrected chi connectivity index (χ0v) is 30.0. The van der Waals surface area contributed by atoms with Crippen LogP contribution in [-0.4, -0.2) is 51.7 Å². The Balaban J connectivity index is 1.09. The van der Waals surface area contributed by atoms with Gasteiger partial charge in [-0.3, -0.25) is 9.78 Å². The zero-order valence-electron chi connectivity index (χ0n) is 29.2. The van der Waals surface area contributed by atoms with Crippen LogP contribution in [0.3, 0.4) is 0 Å². The fourth-order valence-electron chi connectivity index (χ4n) is 7.24. The van der Waals surface area contributed by atoms with E-state index in [0.29, 0.717) is 36.5 Å². The van der Waals surface area contributed by atoms with Crippen LogP contribution in [0, 0.1) is 5.92 Å². The summed E-state index contributed by atoms with van der Waals surface area (Å²) in [5.74, 6) is -0.131. The molecule has 1 aromatic heterocycles. The molecule has 3 N–H and O–H groups in total. The molecule has 0 spiro atoms. The second-order valence-corrected chi connectivity index (χ2v) is 14.3. The molecular formula is C43H44ClN3O5. The highest BCUT2D eigenvalue weighted by atomic mass is 35.5. The Morgan fingerprint density at radius 1 is 0.885 bits per heavy atom. The molecule has 2 aliphatic heterocycles. The first-order valence-electron chi connectivity index (χ1n) is 17.9. The van der Waals surface area contributed by atoms with E-state index in [1.807, 2.05) is 72.8 Å². The average molecular weight is 718 g/mol. The van der Waals surface area contributed by atoms with Gasteiger partial charge in [0, 0.05) is 55.1 Å². The molecule has 2 saturated heterocycles. The van der Waals surface area contributed by atoms with Crippen molar-refractivity contribution < 1.29 is 24.5 Å². The Hall–Kier alpha value is -4.41. The van der Waals surface area contributed by atoms with Gasteiger partial charge in [-0.15, -0.1) is 0 Å². The lowest BCUT2D eigenvalue weighted by Crippen LogP contribution is -2.49. The first-order chi connectivity index (χ1) is 25.3. The normalized spacial score (nSPS) is 21.8. The second-order valence-electron chi connectivity index (χ2n) is 13.9. The number of hydrogen-bond acceptors (Lipinski definition) is 7. The number of aromatic nitrogens is 1. The highest BCUT2D eigenvalue weighted by Gasteiger charge is 2.41. The first kappa shape index (κ1) is 36.0. The van der Waals surface area contributed by atoms with Crippen molar-refractivity contribution in [3.05, 3.63) is 160 Å². The van der Waals surface area contributed by atoms with E-state index in [0.717, 1.165) is 52.0 Å². The Labute approximate surface area is 310 Å². The molecule has 2 fully saturated rings. The molecule has 0 bridgehead atoms. The Kier molecular flexibility index (Phi) is 11.1. The first-order valence-corrected chi connectivity index (χ1v) is 18.2. The average Bonchev–Trinajstić information content (AvgIpc) is 3.19. The van der Waals surface area contributed by atoms with Crippen LogP contribution in [0.1, 0.15) is 70.3 Å². The van der Waals surface area contributed by atoms with Crippen molar-refractivity contribution in [2.45, 2.75) is 57.0 Å². The van der Waals surface area contributed by atoms with Gasteiger partial charge in [-0.2, -0.15) is 0 Å². The number of rotatable bonds is 10. The van der Waals surface area contributed by atoms with Gasteiger partial charge in [0.15, 0.2) is 6.29 Å². The quantitative estimate of drug-likeness (QED) is 0.137. The lowest BCUT2D eigenvalue weighted by Gasteiger charge is -2.45. The highest BCUT2D eigenvalue weighted by molar-refractivity contribution is 6.30. The van der Waals surface area contributed by atoms with Gasteiger partial charge in [0.05, 0.1) is 30.0 Å². The van der Waals surface area contributed by atoms with Gasteiger partial charge in [0.2, 0.25) is 0 Å². The zero-order chi connectivity index (χ0) is 36.1. The lowest BCUT2D eigenvalue weighted by atomic mass is 9.84. The van der Waals surface area contributed by atoms with Crippen molar-refractivity contribution in [1.29, 1.82) is 0 Å². The van der Waals surface area contributed by atoms with Gasteiger partial charge in [0.1, 0.15) is 0 Å². The van der Waals surface area contributed by atoms with Crippen LogP contribution in [0.15, 0.2) is 122 Å². The summed E-state index contributed by atoms with van der Waals surface area (Å²) < 4.78 is 13.6. The smallest absolute Gasteiger partial charge is 0.253 e. The Morgan fingerprint density at radius 3 is 2.33 bits per heavy atom. The molecule has 9 heteroatoms. The summed E-state index contributed by atoms with van der Waals surface area (Å²) in [5, 5.41) is 24.8. The maximum absolute atomic E-state index is 12.6. The van der Waals surface area contributed by atoms with Crippen molar-refractivity contribution in [3.63, 3.8) is 0 Å². The molecule has 0 saturated carbocycles. The Bertz CT molecular complexity index is 1950. The summed E-state index contributed by atoms with van der Waals surface area (Å²) in [6.45, 7) is 4.73. The molecule has 5 aromatic rings. The van der Waals surface area contributed by atoms with E-state index in [4.69, 9.17) is 21.1 Å². The molecular weight excluding hydrogens is 674 g/mol. The Morgan fingerprint density at radius 2 is 1.62 bits per heavy atom. The number of carbonyl (C=O) groups excluding carboxylic acids is 1. The van der Waals surface area contributed by atoms with E-state index in [2.05, 4.69) is 46.4 Å². The number of nitrogens with one attached hydrogen (secondary N) is 1. The number of nitrogens with zero attached hydrogens (tertiary/aromatic N) is 2. The number of likely N-dealkylation sites (tertiary alicyclic amines) is 1. The number of ether oxygens (including phenoxy) is 2. The number of carbonyl (C=O) groups is 1. The lowest BCUT2D eigenvalue weighted by molar-refractivity contribution is -0.277. The summed E-state index contributed by atoms with van der Waals surface area (Å²) in [6, 6.07) is 35.4. The SMILES string of the molecule is C[C@@H]1[C@H](CN2CCC(O)(c3ccc(Cl)cc3)CC2)O[C@H](c2cccc(-c3cccc(CNC(=O)c4cccnc4)c3)c2)O[C@@H]1c1ccc(CO)cc1. The van der Waals surface area contributed by atoms with Gasteiger partial charge in [0.25, 0.3) is 5.91 Å². The van der Waals surface area contributed by atoms with Crippen LogP contribution in [0.5, 0.6) is 0 Å². The monoisotopic (exact) mass is 717 g/mol. The minimum Gasteiger partial charge on any atom is -0.392 e. The number of piperidine rings is 1. The third-order valence-electron chi connectivity index (χ3n) is 10.4. The third-order valence-corrected chi connectivity index (χ3v) is 10.7. The molecule has 268 valence electrons. The summed E-state index contributed by atoms with van der Waals surface area (Å²) >= 11 is 6.11. The molecule has 2 aliphatic rings. The van der Waals surface area contributed by atoms with Crippen molar-refractivity contribution in [2.24, 2.45) is 5.92 Å². The summed E-state index contributed by atoms with van der Waals surface area (Å²) in [5.41, 5.74) is 6.36. The molecule has 0 aliphatic carbocycles. The minimum atomic E-state index is -0.883. The maximum Gasteiger partial charge on any atom is 0.253 e. The second kappa shape index (κ2) is 16.1. The fraction of sp³-hybridized carbons (Fsp3) is 0.302. The standard InChI is InChI=1S/C43H44ClN3O5/c1-29-39(27-47-21-18-43(50,19-22-47)37-14-16-38(44)17-15-37)51-42(52-40(29)32-12-10-30(28-48)11-13-32)35-8-3-7-34(24-35)33-6-2-5-31(23-33)25-46-41(49)36-9-4-20-45-26-36/h2-17,20,23-24,26,29,39-40,42,48,50H,18-19,21-22,25,27-28H2,1H3,(H,46,49)/t29-,39+,40+,42+/m1/s1. The fourth-order valence-corrected chi connectivity index (χ4v) is 7.37. The number of halogens is 1. The molecule has 1 amide bonds. The maximum atomic E-state index is 12.6.